The standard InChI is InChI=1S/C13H26N2/c1-13(2,3)15-12(14)11-9-7-5-4-6-8-10-11/h11H,4-10H2,1-3H3,(H2,14,15). The summed E-state index contributed by atoms with van der Waals surface area (Å²) >= 11 is 0. The molecule has 1 rings (SSSR count). The van der Waals surface area contributed by atoms with Crippen LogP contribution in [0.3, 0.4) is 0 Å². The number of amidine groups is 1. The Morgan fingerprint density at radius 1 is 1.00 bits per heavy atom. The van der Waals surface area contributed by atoms with Crippen LogP contribution in [0.1, 0.15) is 65.7 Å². The lowest BCUT2D eigenvalue weighted by Gasteiger charge is -2.22. The van der Waals surface area contributed by atoms with Gasteiger partial charge in [0.1, 0.15) is 0 Å². The second kappa shape index (κ2) is 5.53. The second-order valence-corrected chi connectivity index (χ2v) is 5.75. The van der Waals surface area contributed by atoms with Crippen molar-refractivity contribution in [3.63, 3.8) is 0 Å². The second-order valence-electron chi connectivity index (χ2n) is 5.75. The van der Waals surface area contributed by atoms with Crippen molar-refractivity contribution in [1.29, 1.82) is 0 Å². The highest BCUT2D eigenvalue weighted by atomic mass is 14.9. The Labute approximate surface area is 94.3 Å². The molecule has 1 fully saturated rings. The van der Waals surface area contributed by atoms with E-state index in [2.05, 4.69) is 25.8 Å². The predicted molar refractivity (Wildman–Crippen MR) is 67.2 cm³/mol. The van der Waals surface area contributed by atoms with Crippen LogP contribution in [0.4, 0.5) is 0 Å². The summed E-state index contributed by atoms with van der Waals surface area (Å²) in [6.07, 6.45) is 9.29. The van der Waals surface area contributed by atoms with Gasteiger partial charge in [-0.25, -0.2) is 0 Å². The largest absolute Gasteiger partial charge is 0.387 e. The molecule has 1 aliphatic carbocycles. The molecule has 0 aromatic carbocycles. The Balaban J connectivity index is 2.55. The molecule has 2 heteroatoms. The minimum Gasteiger partial charge on any atom is -0.387 e. The molecule has 0 saturated heterocycles. The number of rotatable bonds is 1. The van der Waals surface area contributed by atoms with Gasteiger partial charge in [-0.1, -0.05) is 32.1 Å². The smallest absolute Gasteiger partial charge is 0.0974 e. The summed E-state index contributed by atoms with van der Waals surface area (Å²) in [6.45, 7) is 6.34. The van der Waals surface area contributed by atoms with E-state index < -0.39 is 0 Å². The van der Waals surface area contributed by atoms with Crippen LogP contribution in [-0.4, -0.2) is 11.4 Å². The minimum absolute atomic E-state index is 0.0214. The highest BCUT2D eigenvalue weighted by Gasteiger charge is 2.17. The normalized spacial score (nSPS) is 22.2. The zero-order valence-electron chi connectivity index (χ0n) is 10.6. The Hall–Kier alpha value is -0.530. The van der Waals surface area contributed by atoms with Gasteiger partial charge in [-0.05, 0) is 33.6 Å². The summed E-state index contributed by atoms with van der Waals surface area (Å²) in [6, 6.07) is 0. The lowest BCUT2D eigenvalue weighted by molar-refractivity contribution is 0.445. The van der Waals surface area contributed by atoms with E-state index in [1.54, 1.807) is 0 Å². The summed E-state index contributed by atoms with van der Waals surface area (Å²) in [4.78, 5) is 4.60. The average Bonchev–Trinajstić information content (AvgIpc) is 1.98. The molecule has 0 amide bonds. The lowest BCUT2D eigenvalue weighted by Crippen LogP contribution is -2.28. The van der Waals surface area contributed by atoms with Crippen LogP contribution in [-0.2, 0) is 0 Å². The molecule has 0 atom stereocenters. The predicted octanol–water partition coefficient (Wildman–Crippen LogP) is 3.50. The molecule has 1 aliphatic rings. The summed E-state index contributed by atoms with van der Waals surface area (Å²) in [5.41, 5.74) is 6.08. The highest BCUT2D eigenvalue weighted by Crippen LogP contribution is 2.23. The van der Waals surface area contributed by atoms with Crippen LogP contribution in [0.5, 0.6) is 0 Å². The first-order valence-electron chi connectivity index (χ1n) is 6.34. The zero-order valence-corrected chi connectivity index (χ0v) is 10.6. The molecule has 2 nitrogen and oxygen atoms in total. The Kier molecular flexibility index (Phi) is 4.62. The van der Waals surface area contributed by atoms with Crippen LogP contribution in [0, 0.1) is 5.92 Å². The van der Waals surface area contributed by atoms with E-state index in [-0.39, 0.29) is 5.54 Å². The Bertz CT molecular complexity index is 205. The number of nitrogens with two attached hydrogens (primary N) is 1. The fourth-order valence-corrected chi connectivity index (χ4v) is 2.23. The number of aliphatic imine (C=N–C) groups is 1. The summed E-state index contributed by atoms with van der Waals surface area (Å²) in [5, 5.41) is 0. The fraction of sp³-hybridized carbons (Fsp3) is 0.923. The first-order valence-corrected chi connectivity index (χ1v) is 6.34. The Morgan fingerprint density at radius 2 is 1.47 bits per heavy atom. The first kappa shape index (κ1) is 12.5. The summed E-state index contributed by atoms with van der Waals surface area (Å²) < 4.78 is 0. The topological polar surface area (TPSA) is 38.4 Å². The molecule has 2 N–H and O–H groups in total. The number of hydrogen-bond acceptors (Lipinski definition) is 1. The maximum absolute atomic E-state index is 6.11. The zero-order chi connectivity index (χ0) is 11.3. The molecule has 0 aromatic heterocycles. The van der Waals surface area contributed by atoms with E-state index in [1.165, 1.54) is 44.9 Å². The van der Waals surface area contributed by atoms with E-state index in [0.29, 0.717) is 5.92 Å². The van der Waals surface area contributed by atoms with E-state index in [9.17, 15) is 0 Å². The third kappa shape index (κ3) is 5.19. The van der Waals surface area contributed by atoms with E-state index in [4.69, 9.17) is 5.73 Å². The molecule has 0 bridgehead atoms. The number of nitrogens with zero attached hydrogens (tertiary/aromatic N) is 1. The van der Waals surface area contributed by atoms with Crippen LogP contribution < -0.4 is 5.73 Å². The maximum Gasteiger partial charge on any atom is 0.0974 e. The molecular weight excluding hydrogens is 184 g/mol. The highest BCUT2D eigenvalue weighted by molar-refractivity contribution is 5.83. The lowest BCUT2D eigenvalue weighted by atomic mass is 9.90. The first-order chi connectivity index (χ1) is 6.99. The van der Waals surface area contributed by atoms with Gasteiger partial charge in [-0.2, -0.15) is 0 Å². The molecule has 0 aliphatic heterocycles. The molecule has 0 aromatic rings. The van der Waals surface area contributed by atoms with Crippen LogP contribution in [0.25, 0.3) is 0 Å². The molecule has 88 valence electrons. The summed E-state index contributed by atoms with van der Waals surface area (Å²) in [5.74, 6) is 1.44. The third-order valence-electron chi connectivity index (χ3n) is 2.99. The molecule has 1 saturated carbocycles. The van der Waals surface area contributed by atoms with Gasteiger partial charge in [0.2, 0.25) is 0 Å². The maximum atomic E-state index is 6.11. The van der Waals surface area contributed by atoms with Crippen LogP contribution in [0.2, 0.25) is 0 Å². The van der Waals surface area contributed by atoms with Crippen molar-refractivity contribution < 1.29 is 0 Å². The average molecular weight is 210 g/mol. The van der Waals surface area contributed by atoms with E-state index in [0.717, 1.165) is 5.84 Å². The van der Waals surface area contributed by atoms with Gasteiger partial charge >= 0.3 is 0 Å². The van der Waals surface area contributed by atoms with Crippen molar-refractivity contribution in [3.05, 3.63) is 0 Å². The third-order valence-corrected chi connectivity index (χ3v) is 2.99. The molecule has 0 radical (unpaired) electrons. The SMILES string of the molecule is CC(C)(C)N=C(N)C1CCCCCCC1. The molecule has 0 heterocycles. The van der Waals surface area contributed by atoms with E-state index >= 15 is 0 Å². The van der Waals surface area contributed by atoms with Gasteiger partial charge in [-0.15, -0.1) is 0 Å². The van der Waals surface area contributed by atoms with Crippen molar-refractivity contribution in [2.24, 2.45) is 16.6 Å². The van der Waals surface area contributed by atoms with Crippen molar-refractivity contribution in [2.75, 3.05) is 0 Å². The monoisotopic (exact) mass is 210 g/mol. The molecule has 15 heavy (non-hydrogen) atoms. The van der Waals surface area contributed by atoms with E-state index in [1.807, 2.05) is 0 Å². The minimum atomic E-state index is -0.0214. The van der Waals surface area contributed by atoms with Gasteiger partial charge in [0, 0.05) is 5.92 Å². The van der Waals surface area contributed by atoms with Crippen LogP contribution >= 0.6 is 0 Å². The van der Waals surface area contributed by atoms with Gasteiger partial charge in [0.05, 0.1) is 11.4 Å². The molecule has 0 unspecified atom stereocenters. The summed E-state index contributed by atoms with van der Waals surface area (Å²) in [7, 11) is 0. The van der Waals surface area contributed by atoms with Gasteiger partial charge in [0.25, 0.3) is 0 Å². The fourth-order valence-electron chi connectivity index (χ4n) is 2.23. The van der Waals surface area contributed by atoms with Crippen molar-refractivity contribution >= 4 is 5.84 Å². The van der Waals surface area contributed by atoms with Crippen LogP contribution in [0.15, 0.2) is 4.99 Å². The van der Waals surface area contributed by atoms with Gasteiger partial charge in [0.15, 0.2) is 0 Å². The quantitative estimate of drug-likeness (QED) is 0.522. The Morgan fingerprint density at radius 3 is 1.93 bits per heavy atom. The molecule has 0 spiro atoms. The molecular formula is C13H26N2. The van der Waals surface area contributed by atoms with Gasteiger partial charge in [-0.3, -0.25) is 4.99 Å². The number of hydrogen-bond donors (Lipinski definition) is 1. The van der Waals surface area contributed by atoms with Crippen molar-refractivity contribution in [1.82, 2.24) is 0 Å². The van der Waals surface area contributed by atoms with Crippen molar-refractivity contribution in [3.8, 4) is 0 Å². The van der Waals surface area contributed by atoms with Gasteiger partial charge < -0.3 is 5.73 Å². The van der Waals surface area contributed by atoms with Crippen molar-refractivity contribution in [2.45, 2.75) is 71.3 Å².